The number of halogens is 2. The molecule has 0 amide bonds. The summed E-state index contributed by atoms with van der Waals surface area (Å²) >= 11 is 0. The minimum atomic E-state index is -4.63. The van der Waals surface area contributed by atoms with Crippen LogP contribution in [0.1, 0.15) is 39.5 Å². The molecule has 1 aliphatic rings. The predicted octanol–water partition coefficient (Wildman–Crippen LogP) is 5.21. The fourth-order valence-electron chi connectivity index (χ4n) is 3.23. The summed E-state index contributed by atoms with van der Waals surface area (Å²) in [6, 6.07) is 8.59. The highest BCUT2D eigenvalue weighted by molar-refractivity contribution is 7.85. The van der Waals surface area contributed by atoms with E-state index in [0.717, 1.165) is 6.42 Å². The van der Waals surface area contributed by atoms with E-state index in [0.29, 0.717) is 17.7 Å². The second-order valence-corrected chi connectivity index (χ2v) is 9.74. The minimum Gasteiger partial charge on any atom is -0.305 e. The van der Waals surface area contributed by atoms with E-state index in [1.54, 1.807) is 30.3 Å². The molecule has 1 aromatic rings. The van der Waals surface area contributed by atoms with Crippen molar-refractivity contribution in [3.05, 3.63) is 30.3 Å². The van der Waals surface area contributed by atoms with Gasteiger partial charge in [0.05, 0.1) is 24.0 Å². The smallest absolute Gasteiger partial charge is 0.305 e. The number of rotatable bonds is 8. The molecule has 0 bridgehead atoms. The largest absolute Gasteiger partial charge is 0.399 e. The van der Waals surface area contributed by atoms with E-state index in [4.69, 9.17) is 9.05 Å². The zero-order valence-corrected chi connectivity index (χ0v) is 16.2. The Morgan fingerprint density at radius 1 is 1.12 bits per heavy atom. The molecule has 0 saturated heterocycles. The van der Waals surface area contributed by atoms with Crippen molar-refractivity contribution >= 4 is 18.4 Å². The number of hydrogen-bond acceptors (Lipinski definition) is 4. The van der Waals surface area contributed by atoms with Gasteiger partial charge in [0.15, 0.2) is 0 Å². The standard InChI is InChI=1S/C17H25F2O4PS/c1-3-22-24(20,23-4-2)17(18,19)15-12-8-9-13-16(15)25(21)14-10-6-5-7-11-14/h5-7,10-11,15-16H,3-4,8-9,12-13H2,1-2H3. The SMILES string of the molecule is CCOP(=O)(OCC)C(F)(F)C1CCCCC1S(=O)c1ccccc1. The second-order valence-electron chi connectivity index (χ2n) is 5.96. The lowest BCUT2D eigenvalue weighted by atomic mass is 9.89. The Hall–Kier alpha value is -0.620. The molecule has 1 fully saturated rings. The molecule has 0 aromatic heterocycles. The zero-order valence-electron chi connectivity index (χ0n) is 14.5. The third-order valence-electron chi connectivity index (χ3n) is 4.36. The van der Waals surface area contributed by atoms with Gasteiger partial charge in [0, 0.05) is 16.1 Å². The highest BCUT2D eigenvalue weighted by Crippen LogP contribution is 2.66. The van der Waals surface area contributed by atoms with Gasteiger partial charge in [-0.1, -0.05) is 31.0 Å². The summed E-state index contributed by atoms with van der Waals surface area (Å²) in [4.78, 5) is 0.512. The highest BCUT2D eigenvalue weighted by Gasteiger charge is 2.61. The highest BCUT2D eigenvalue weighted by atomic mass is 32.2. The van der Waals surface area contributed by atoms with Crippen molar-refractivity contribution < 1.29 is 26.6 Å². The Balaban J connectivity index is 2.35. The first-order valence-corrected chi connectivity index (χ1v) is 11.4. The number of hydrogen-bond donors (Lipinski definition) is 0. The van der Waals surface area contributed by atoms with Crippen LogP contribution in [0, 0.1) is 5.92 Å². The average Bonchev–Trinajstić information content (AvgIpc) is 2.62. The van der Waals surface area contributed by atoms with Gasteiger partial charge in [0.25, 0.3) is 0 Å². The van der Waals surface area contributed by atoms with Crippen LogP contribution in [0.2, 0.25) is 0 Å². The molecule has 3 atom stereocenters. The van der Waals surface area contributed by atoms with E-state index in [1.807, 2.05) is 0 Å². The van der Waals surface area contributed by atoms with Crippen molar-refractivity contribution in [2.24, 2.45) is 5.92 Å². The van der Waals surface area contributed by atoms with Gasteiger partial charge >= 0.3 is 13.3 Å². The quantitative estimate of drug-likeness (QED) is 0.568. The van der Waals surface area contributed by atoms with Gasteiger partial charge in [-0.25, -0.2) is 0 Å². The van der Waals surface area contributed by atoms with Crippen LogP contribution in [-0.4, -0.2) is 28.3 Å². The Kier molecular flexibility index (Phi) is 7.32. The first kappa shape index (κ1) is 20.7. The molecular weight excluding hydrogens is 369 g/mol. The maximum Gasteiger partial charge on any atom is 0.399 e. The maximum absolute atomic E-state index is 15.2. The number of benzene rings is 1. The lowest BCUT2D eigenvalue weighted by Gasteiger charge is -2.38. The Morgan fingerprint density at radius 2 is 1.68 bits per heavy atom. The molecule has 142 valence electrons. The predicted molar refractivity (Wildman–Crippen MR) is 94.4 cm³/mol. The van der Waals surface area contributed by atoms with E-state index < -0.39 is 35.2 Å². The molecule has 8 heteroatoms. The van der Waals surface area contributed by atoms with E-state index in [1.165, 1.54) is 13.8 Å². The van der Waals surface area contributed by atoms with Crippen LogP contribution in [0.3, 0.4) is 0 Å². The van der Waals surface area contributed by atoms with Gasteiger partial charge in [0.2, 0.25) is 0 Å². The molecule has 2 rings (SSSR count). The third kappa shape index (κ3) is 4.38. The molecule has 1 saturated carbocycles. The van der Waals surface area contributed by atoms with E-state index in [-0.39, 0.29) is 19.6 Å². The summed E-state index contributed by atoms with van der Waals surface area (Å²) in [7, 11) is -6.23. The van der Waals surface area contributed by atoms with Crippen LogP contribution in [0.25, 0.3) is 0 Å². The molecular formula is C17H25F2O4PS. The summed E-state index contributed by atoms with van der Waals surface area (Å²) in [6.07, 6.45) is 1.87. The summed E-state index contributed by atoms with van der Waals surface area (Å²) in [6.45, 7) is 2.74. The van der Waals surface area contributed by atoms with E-state index in [9.17, 15) is 8.77 Å². The van der Waals surface area contributed by atoms with Crippen molar-refractivity contribution in [3.63, 3.8) is 0 Å². The topological polar surface area (TPSA) is 52.6 Å². The average molecular weight is 394 g/mol. The molecule has 0 radical (unpaired) electrons. The second kappa shape index (κ2) is 8.85. The Morgan fingerprint density at radius 3 is 2.24 bits per heavy atom. The normalized spacial score (nSPS) is 23.4. The molecule has 4 nitrogen and oxygen atoms in total. The minimum absolute atomic E-state index is 0.133. The molecule has 0 spiro atoms. The molecule has 1 aliphatic carbocycles. The van der Waals surface area contributed by atoms with Gasteiger partial charge in [-0.2, -0.15) is 8.78 Å². The van der Waals surface area contributed by atoms with Gasteiger partial charge in [-0.15, -0.1) is 0 Å². The number of alkyl halides is 2. The van der Waals surface area contributed by atoms with Crippen LogP contribution < -0.4 is 0 Å². The van der Waals surface area contributed by atoms with Crippen molar-refractivity contribution in [1.29, 1.82) is 0 Å². The monoisotopic (exact) mass is 394 g/mol. The summed E-state index contributed by atoms with van der Waals surface area (Å²) < 4.78 is 65.9. The van der Waals surface area contributed by atoms with Crippen molar-refractivity contribution in [2.75, 3.05) is 13.2 Å². The Labute approximate surface area is 150 Å². The van der Waals surface area contributed by atoms with Crippen LogP contribution in [-0.2, 0) is 24.4 Å². The van der Waals surface area contributed by atoms with Gasteiger partial charge in [-0.3, -0.25) is 8.77 Å². The van der Waals surface area contributed by atoms with Crippen LogP contribution >= 0.6 is 7.60 Å². The van der Waals surface area contributed by atoms with E-state index >= 15 is 8.78 Å². The lowest BCUT2D eigenvalue weighted by Crippen LogP contribution is -2.42. The Bertz CT molecular complexity index is 616. The molecule has 25 heavy (non-hydrogen) atoms. The first-order chi connectivity index (χ1) is 11.9. The first-order valence-electron chi connectivity index (χ1n) is 8.60. The molecule has 1 aromatic carbocycles. The van der Waals surface area contributed by atoms with Crippen LogP contribution in [0.4, 0.5) is 8.78 Å². The lowest BCUT2D eigenvalue weighted by molar-refractivity contribution is -0.0233. The summed E-state index contributed by atoms with van der Waals surface area (Å²) in [5.41, 5.74) is -3.67. The fraction of sp³-hybridized carbons (Fsp3) is 0.647. The summed E-state index contributed by atoms with van der Waals surface area (Å²) in [5, 5.41) is -0.777. The maximum atomic E-state index is 15.2. The van der Waals surface area contributed by atoms with Gasteiger partial charge < -0.3 is 9.05 Å². The zero-order chi connectivity index (χ0) is 18.5. The molecule has 0 N–H and O–H groups in total. The van der Waals surface area contributed by atoms with Gasteiger partial charge in [-0.05, 0) is 38.8 Å². The van der Waals surface area contributed by atoms with Crippen LogP contribution in [0.15, 0.2) is 35.2 Å². The van der Waals surface area contributed by atoms with Crippen molar-refractivity contribution in [3.8, 4) is 0 Å². The molecule has 0 aliphatic heterocycles. The van der Waals surface area contributed by atoms with Crippen molar-refractivity contribution in [1.82, 2.24) is 0 Å². The summed E-state index contributed by atoms with van der Waals surface area (Å²) in [5.74, 6) is -1.30. The van der Waals surface area contributed by atoms with Gasteiger partial charge in [0.1, 0.15) is 0 Å². The molecule has 3 unspecified atom stereocenters. The third-order valence-corrected chi connectivity index (χ3v) is 8.47. The van der Waals surface area contributed by atoms with Crippen LogP contribution in [0.5, 0.6) is 0 Å². The van der Waals surface area contributed by atoms with Crippen molar-refractivity contribution in [2.45, 2.75) is 55.3 Å². The van der Waals surface area contributed by atoms with E-state index in [2.05, 4.69) is 0 Å². The fourth-order valence-corrected chi connectivity index (χ4v) is 6.91. The molecule has 0 heterocycles.